The predicted molar refractivity (Wildman–Crippen MR) is 116 cm³/mol. The number of piperidine rings is 1. The van der Waals surface area contributed by atoms with E-state index in [0.717, 1.165) is 37.9 Å². The lowest BCUT2D eigenvalue weighted by Gasteiger charge is -2.39. The van der Waals surface area contributed by atoms with Gasteiger partial charge in [-0.3, -0.25) is 5.41 Å². The van der Waals surface area contributed by atoms with Crippen molar-refractivity contribution in [3.63, 3.8) is 0 Å². The molecule has 1 spiro atoms. The zero-order valence-corrected chi connectivity index (χ0v) is 18.0. The molecule has 0 radical (unpaired) electrons. The van der Waals surface area contributed by atoms with Crippen LogP contribution in [0, 0.1) is 16.7 Å². The van der Waals surface area contributed by atoms with Gasteiger partial charge in [0.1, 0.15) is 24.2 Å². The molecule has 2 aliphatic rings. The van der Waals surface area contributed by atoms with Gasteiger partial charge in [0.05, 0.1) is 23.3 Å². The minimum Gasteiger partial charge on any atom is -0.598 e. The van der Waals surface area contributed by atoms with Crippen molar-refractivity contribution >= 4 is 29.0 Å². The number of halogens is 2. The SMILES string of the molecule is C[S+]([O-])NCC1CN(c2cc(-c3cnc(/C=C\C(=N)C(F)F)[nH]3)ncn2)CCC12CC2. The number of rotatable bonds is 8. The second kappa shape index (κ2) is 9.01. The van der Waals surface area contributed by atoms with E-state index in [2.05, 4.69) is 29.6 Å². The van der Waals surface area contributed by atoms with Gasteiger partial charge in [0.25, 0.3) is 6.43 Å². The Morgan fingerprint density at radius 2 is 2.23 bits per heavy atom. The fourth-order valence-corrected chi connectivity index (χ4v) is 4.53. The zero-order valence-electron chi connectivity index (χ0n) is 17.1. The van der Waals surface area contributed by atoms with Crippen molar-refractivity contribution in [2.24, 2.45) is 11.3 Å². The molecule has 0 amide bonds. The Labute approximate surface area is 182 Å². The van der Waals surface area contributed by atoms with Crippen molar-refractivity contribution in [1.29, 1.82) is 5.41 Å². The molecular formula is C20H25F2N7OS. The number of H-pyrrole nitrogens is 1. The van der Waals surface area contributed by atoms with Crippen molar-refractivity contribution in [3.05, 3.63) is 30.5 Å². The molecular weight excluding hydrogens is 424 g/mol. The van der Waals surface area contributed by atoms with Crippen LogP contribution in [0.25, 0.3) is 17.5 Å². The first-order chi connectivity index (χ1) is 14.9. The van der Waals surface area contributed by atoms with E-state index in [1.54, 1.807) is 12.5 Å². The number of aromatic amines is 1. The zero-order chi connectivity index (χ0) is 22.0. The summed E-state index contributed by atoms with van der Waals surface area (Å²) in [5.41, 5.74) is 0.894. The van der Waals surface area contributed by atoms with Crippen molar-refractivity contribution in [2.75, 3.05) is 30.8 Å². The Morgan fingerprint density at radius 3 is 2.94 bits per heavy atom. The molecule has 2 aromatic heterocycles. The molecule has 0 bridgehead atoms. The van der Waals surface area contributed by atoms with Gasteiger partial charge in [0.15, 0.2) is 0 Å². The van der Waals surface area contributed by atoms with Gasteiger partial charge in [-0.15, -0.1) is 4.72 Å². The number of anilines is 1. The van der Waals surface area contributed by atoms with Crippen LogP contribution in [0.4, 0.5) is 14.6 Å². The minimum absolute atomic E-state index is 0.368. The molecule has 8 nitrogen and oxygen atoms in total. The van der Waals surface area contributed by atoms with Crippen LogP contribution in [0.15, 0.2) is 24.7 Å². The Bertz CT molecular complexity index is 961. The lowest BCUT2D eigenvalue weighted by Crippen LogP contribution is -2.46. The summed E-state index contributed by atoms with van der Waals surface area (Å²) in [6, 6.07) is 1.88. The normalized spacial score (nSPS) is 21.2. The summed E-state index contributed by atoms with van der Waals surface area (Å²) in [6.45, 7) is 2.48. The molecule has 11 heteroatoms. The lowest BCUT2D eigenvalue weighted by molar-refractivity contribution is 0.226. The molecule has 2 unspecified atom stereocenters. The highest BCUT2D eigenvalue weighted by Crippen LogP contribution is 2.57. The number of nitrogens with zero attached hydrogens (tertiary/aromatic N) is 4. The highest BCUT2D eigenvalue weighted by atomic mass is 32.2. The molecule has 1 aliphatic heterocycles. The fraction of sp³-hybridized carbons (Fsp3) is 0.500. The standard InChI is InChI=1S/C20H25F2N7OS/c1-31(30)27-9-13-11-29(7-6-20(13)4-5-20)18-8-15(25-12-26-18)16-10-24-17(28-16)3-2-14(23)19(21)22/h2-3,8,10,12-13,19,23,27H,4-7,9,11H2,1H3,(H,24,28)/b3-2-,23-14?. The van der Waals surface area contributed by atoms with E-state index in [1.165, 1.54) is 25.2 Å². The second-order valence-electron chi connectivity index (χ2n) is 8.09. The first kappa shape index (κ1) is 21.8. The molecule has 1 aliphatic carbocycles. The highest BCUT2D eigenvalue weighted by Gasteiger charge is 2.51. The Balaban J connectivity index is 1.47. The van der Waals surface area contributed by atoms with E-state index in [1.807, 2.05) is 6.07 Å². The molecule has 3 heterocycles. The quantitative estimate of drug-likeness (QED) is 0.421. The first-order valence-corrected chi connectivity index (χ1v) is 11.7. The van der Waals surface area contributed by atoms with Crippen molar-refractivity contribution < 1.29 is 13.3 Å². The van der Waals surface area contributed by atoms with Crippen molar-refractivity contribution in [1.82, 2.24) is 24.7 Å². The molecule has 2 atom stereocenters. The molecule has 31 heavy (non-hydrogen) atoms. The van der Waals surface area contributed by atoms with Gasteiger partial charge in [0.2, 0.25) is 0 Å². The van der Waals surface area contributed by atoms with Crippen LogP contribution in [0.1, 0.15) is 25.1 Å². The maximum atomic E-state index is 12.4. The average molecular weight is 450 g/mol. The van der Waals surface area contributed by atoms with Gasteiger partial charge >= 0.3 is 0 Å². The molecule has 2 fully saturated rings. The van der Waals surface area contributed by atoms with Crippen LogP contribution in [-0.4, -0.2) is 62.5 Å². The third-order valence-electron chi connectivity index (χ3n) is 6.12. The Kier molecular flexibility index (Phi) is 6.35. The van der Waals surface area contributed by atoms with Crippen molar-refractivity contribution in [3.8, 4) is 11.4 Å². The van der Waals surface area contributed by atoms with E-state index in [-0.39, 0.29) is 0 Å². The lowest BCUT2D eigenvalue weighted by atomic mass is 9.82. The first-order valence-electron chi connectivity index (χ1n) is 10.1. The van der Waals surface area contributed by atoms with Gasteiger partial charge in [0, 0.05) is 37.1 Å². The van der Waals surface area contributed by atoms with Crippen LogP contribution in [0.5, 0.6) is 0 Å². The third-order valence-corrected chi connectivity index (χ3v) is 6.69. The summed E-state index contributed by atoms with van der Waals surface area (Å²) in [5.74, 6) is 1.60. The number of aromatic nitrogens is 4. The predicted octanol–water partition coefficient (Wildman–Crippen LogP) is 2.65. The maximum absolute atomic E-state index is 12.4. The molecule has 4 rings (SSSR count). The maximum Gasteiger partial charge on any atom is 0.279 e. The highest BCUT2D eigenvalue weighted by molar-refractivity contribution is 7.88. The number of alkyl halides is 2. The second-order valence-corrected chi connectivity index (χ2v) is 9.29. The van der Waals surface area contributed by atoms with Crippen LogP contribution >= 0.6 is 0 Å². The van der Waals surface area contributed by atoms with Gasteiger partial charge < -0.3 is 14.4 Å². The third kappa shape index (κ3) is 5.10. The van der Waals surface area contributed by atoms with Crippen LogP contribution in [0.3, 0.4) is 0 Å². The van der Waals surface area contributed by atoms with Gasteiger partial charge in [-0.2, -0.15) is 0 Å². The van der Waals surface area contributed by atoms with Crippen LogP contribution in [0.2, 0.25) is 0 Å². The molecule has 2 aromatic rings. The van der Waals surface area contributed by atoms with E-state index in [0.29, 0.717) is 28.5 Å². The van der Waals surface area contributed by atoms with Gasteiger partial charge in [-0.05, 0) is 42.7 Å². The molecule has 166 valence electrons. The average Bonchev–Trinajstić information content (AvgIpc) is 3.36. The number of allylic oxidation sites excluding steroid dienone is 1. The van der Waals surface area contributed by atoms with Crippen molar-refractivity contribution in [2.45, 2.75) is 25.7 Å². The summed E-state index contributed by atoms with van der Waals surface area (Å²) >= 11 is -1.03. The fourth-order valence-electron chi connectivity index (χ4n) is 4.10. The summed E-state index contributed by atoms with van der Waals surface area (Å²) in [6.07, 6.45) is 7.83. The topological polar surface area (TPSA) is 117 Å². The number of nitrogens with one attached hydrogen (secondary N) is 3. The van der Waals surface area contributed by atoms with E-state index >= 15 is 0 Å². The number of hydrogen-bond acceptors (Lipinski definition) is 7. The largest absolute Gasteiger partial charge is 0.598 e. The number of imidazole rings is 1. The van der Waals surface area contributed by atoms with Crippen LogP contribution in [-0.2, 0) is 11.4 Å². The summed E-state index contributed by atoms with van der Waals surface area (Å²) in [4.78, 5) is 18.2. The Hall–Kier alpha value is -2.37. The summed E-state index contributed by atoms with van der Waals surface area (Å²) in [7, 11) is 0. The molecule has 1 saturated heterocycles. The van der Waals surface area contributed by atoms with Crippen LogP contribution < -0.4 is 9.62 Å². The van der Waals surface area contributed by atoms with E-state index < -0.39 is 23.5 Å². The molecule has 1 saturated carbocycles. The minimum atomic E-state index is -2.81. The smallest absolute Gasteiger partial charge is 0.279 e. The monoisotopic (exact) mass is 449 g/mol. The molecule has 0 aromatic carbocycles. The van der Waals surface area contributed by atoms with Gasteiger partial charge in [-0.1, -0.05) is 0 Å². The van der Waals surface area contributed by atoms with E-state index in [4.69, 9.17) is 5.41 Å². The number of hydrogen-bond donors (Lipinski definition) is 3. The summed E-state index contributed by atoms with van der Waals surface area (Å²) in [5, 5.41) is 7.18. The van der Waals surface area contributed by atoms with E-state index in [9.17, 15) is 13.3 Å². The summed E-state index contributed by atoms with van der Waals surface area (Å²) < 4.78 is 39.5. The van der Waals surface area contributed by atoms with Gasteiger partial charge in [-0.25, -0.2) is 23.7 Å². The molecule has 3 N–H and O–H groups in total. The Morgan fingerprint density at radius 1 is 1.42 bits per heavy atom.